The van der Waals surface area contributed by atoms with E-state index in [0.29, 0.717) is 6.54 Å². The summed E-state index contributed by atoms with van der Waals surface area (Å²) in [5.74, 6) is -0.0987. The van der Waals surface area contributed by atoms with Gasteiger partial charge in [0.15, 0.2) is 6.54 Å². The molecule has 3 nitrogen and oxygen atoms in total. The van der Waals surface area contributed by atoms with Gasteiger partial charge < -0.3 is 9.22 Å². The van der Waals surface area contributed by atoms with Crippen molar-refractivity contribution in [3.05, 3.63) is 34.9 Å². The monoisotopic (exact) mass is 310 g/mol. The van der Waals surface area contributed by atoms with Gasteiger partial charge in [-0.15, -0.1) is 0 Å². The molecule has 0 spiro atoms. The molecule has 0 aromatic heterocycles. The number of carbonyl (C=O) groups excluding carboxylic acids is 1. The molecule has 21 heavy (non-hydrogen) atoms. The van der Waals surface area contributed by atoms with Crippen molar-refractivity contribution in [1.82, 2.24) is 0 Å². The minimum atomic E-state index is -0.416. The minimum Gasteiger partial charge on any atom is -0.456 e. The molecule has 1 heterocycles. The maximum absolute atomic E-state index is 12.2. The first-order chi connectivity index (χ1) is 9.78. The quantitative estimate of drug-likeness (QED) is 0.625. The number of rotatable bonds is 4. The second-order valence-electron chi connectivity index (χ2n) is 7.03. The maximum atomic E-state index is 12.2. The second-order valence-corrected chi connectivity index (χ2v) is 7.46. The van der Waals surface area contributed by atoms with E-state index in [9.17, 15) is 4.79 Å². The lowest BCUT2D eigenvalue weighted by Crippen LogP contribution is -2.49. The average molecular weight is 311 g/mol. The van der Waals surface area contributed by atoms with Crippen LogP contribution in [0.5, 0.6) is 0 Å². The molecule has 116 valence electrons. The number of hydrogen-bond donors (Lipinski definition) is 0. The van der Waals surface area contributed by atoms with Gasteiger partial charge in [0, 0.05) is 23.4 Å². The minimum absolute atomic E-state index is 0.0987. The summed E-state index contributed by atoms with van der Waals surface area (Å²) in [6, 6.07) is 7.93. The van der Waals surface area contributed by atoms with Crippen molar-refractivity contribution in [3.8, 4) is 0 Å². The van der Waals surface area contributed by atoms with Crippen LogP contribution in [-0.2, 0) is 16.1 Å². The van der Waals surface area contributed by atoms with Crippen LogP contribution in [0.25, 0.3) is 0 Å². The van der Waals surface area contributed by atoms with Crippen molar-refractivity contribution in [3.63, 3.8) is 0 Å². The molecule has 1 aromatic carbocycles. The number of esters is 1. The number of halogens is 1. The fraction of sp³-hybridized carbons (Fsp3) is 0.588. The summed E-state index contributed by atoms with van der Waals surface area (Å²) in [6.07, 6.45) is 2.35. The predicted molar refractivity (Wildman–Crippen MR) is 85.1 cm³/mol. The smallest absolute Gasteiger partial charge is 0.362 e. The Kier molecular flexibility index (Phi) is 4.95. The molecule has 0 amide bonds. The largest absolute Gasteiger partial charge is 0.456 e. The van der Waals surface area contributed by atoms with Gasteiger partial charge in [-0.05, 0) is 32.9 Å². The van der Waals surface area contributed by atoms with Crippen molar-refractivity contribution >= 4 is 17.6 Å². The number of hydrogen-bond acceptors (Lipinski definition) is 2. The molecule has 0 unspecified atom stereocenters. The van der Waals surface area contributed by atoms with Gasteiger partial charge in [-0.3, -0.25) is 0 Å². The number of quaternary nitrogens is 1. The first-order valence-corrected chi connectivity index (χ1v) is 7.97. The zero-order chi connectivity index (χ0) is 15.5. The van der Waals surface area contributed by atoms with Gasteiger partial charge >= 0.3 is 5.97 Å². The lowest BCUT2D eigenvalue weighted by atomic mass is 10.2. The molecular formula is C17H25ClNO2+. The second kappa shape index (κ2) is 6.37. The molecule has 0 atom stereocenters. The summed E-state index contributed by atoms with van der Waals surface area (Å²) in [6.45, 7) is 9.16. The number of nitrogens with zero attached hydrogens (tertiary/aromatic N) is 1. The Morgan fingerprint density at radius 3 is 2.29 bits per heavy atom. The van der Waals surface area contributed by atoms with E-state index in [1.54, 1.807) is 0 Å². The molecule has 0 saturated carbocycles. The van der Waals surface area contributed by atoms with Gasteiger partial charge in [0.1, 0.15) is 12.1 Å². The van der Waals surface area contributed by atoms with Crippen LogP contribution in [0.4, 0.5) is 0 Å². The van der Waals surface area contributed by atoms with Crippen molar-refractivity contribution in [2.75, 3.05) is 19.6 Å². The number of benzene rings is 1. The standard InChI is InChI=1S/C17H25ClNO2/c1-17(2,3)21-16(20)13-19(10-4-5-11-19)12-14-6-8-15(18)9-7-14/h6-9H,4-5,10-13H2,1-3H3/q+1. The third-order valence-corrected chi connectivity index (χ3v) is 4.08. The predicted octanol–water partition coefficient (Wildman–Crippen LogP) is 3.79. The molecule has 0 N–H and O–H groups in total. The van der Waals surface area contributed by atoms with Crippen LogP contribution >= 0.6 is 11.6 Å². The van der Waals surface area contributed by atoms with Crippen LogP contribution in [0.1, 0.15) is 39.2 Å². The zero-order valence-electron chi connectivity index (χ0n) is 13.2. The molecule has 1 fully saturated rings. The number of likely N-dealkylation sites (tertiary alicyclic amines) is 1. The zero-order valence-corrected chi connectivity index (χ0v) is 13.9. The fourth-order valence-electron chi connectivity index (χ4n) is 3.00. The van der Waals surface area contributed by atoms with Gasteiger partial charge in [-0.1, -0.05) is 23.7 Å². The van der Waals surface area contributed by atoms with E-state index >= 15 is 0 Å². The van der Waals surface area contributed by atoms with Crippen molar-refractivity contribution in [2.24, 2.45) is 0 Å². The Balaban J connectivity index is 2.06. The lowest BCUT2D eigenvalue weighted by Gasteiger charge is -2.34. The van der Waals surface area contributed by atoms with E-state index in [4.69, 9.17) is 16.3 Å². The summed E-state index contributed by atoms with van der Waals surface area (Å²) in [5.41, 5.74) is 0.811. The Hall–Kier alpha value is -1.06. The Bertz CT molecular complexity index is 485. The van der Waals surface area contributed by atoms with Crippen LogP contribution < -0.4 is 0 Å². The fourth-order valence-corrected chi connectivity index (χ4v) is 3.13. The summed E-state index contributed by atoms with van der Waals surface area (Å²) in [4.78, 5) is 12.2. The summed E-state index contributed by atoms with van der Waals surface area (Å²) in [5, 5.41) is 0.749. The molecule has 0 radical (unpaired) electrons. The Morgan fingerprint density at radius 2 is 1.76 bits per heavy atom. The molecule has 1 aliphatic heterocycles. The number of carbonyl (C=O) groups is 1. The molecule has 1 aromatic rings. The van der Waals surface area contributed by atoms with E-state index in [1.165, 1.54) is 18.4 Å². The van der Waals surface area contributed by atoms with Crippen LogP contribution in [0.3, 0.4) is 0 Å². The van der Waals surface area contributed by atoms with Gasteiger partial charge in [0.05, 0.1) is 13.1 Å². The van der Waals surface area contributed by atoms with E-state index in [0.717, 1.165) is 29.1 Å². The molecule has 0 bridgehead atoms. The van der Waals surface area contributed by atoms with E-state index in [-0.39, 0.29) is 5.97 Å². The summed E-state index contributed by atoms with van der Waals surface area (Å²) >= 11 is 5.94. The van der Waals surface area contributed by atoms with Gasteiger partial charge in [0.2, 0.25) is 0 Å². The molecule has 2 rings (SSSR count). The summed E-state index contributed by atoms with van der Waals surface area (Å²) < 4.78 is 6.31. The van der Waals surface area contributed by atoms with Crippen molar-refractivity contribution in [2.45, 2.75) is 45.8 Å². The van der Waals surface area contributed by atoms with Crippen LogP contribution in [-0.4, -0.2) is 35.7 Å². The SMILES string of the molecule is CC(C)(C)OC(=O)C[N+]1(Cc2ccc(Cl)cc2)CCCC1. The first kappa shape index (κ1) is 16.3. The normalized spacial score (nSPS) is 17.7. The van der Waals surface area contributed by atoms with Gasteiger partial charge in [-0.2, -0.15) is 0 Å². The highest BCUT2D eigenvalue weighted by Gasteiger charge is 2.36. The highest BCUT2D eigenvalue weighted by Crippen LogP contribution is 2.25. The average Bonchev–Trinajstić information content (AvgIpc) is 2.78. The number of ether oxygens (including phenoxy) is 1. The van der Waals surface area contributed by atoms with E-state index in [1.807, 2.05) is 32.9 Å². The highest BCUT2D eigenvalue weighted by atomic mass is 35.5. The molecule has 1 aliphatic rings. The summed E-state index contributed by atoms with van der Waals surface area (Å²) in [7, 11) is 0. The van der Waals surface area contributed by atoms with Crippen molar-refractivity contribution in [1.29, 1.82) is 0 Å². The topological polar surface area (TPSA) is 26.3 Å². The van der Waals surface area contributed by atoms with Gasteiger partial charge in [0.25, 0.3) is 0 Å². The van der Waals surface area contributed by atoms with Crippen molar-refractivity contribution < 1.29 is 14.0 Å². The molecule has 1 saturated heterocycles. The Morgan fingerprint density at radius 1 is 1.19 bits per heavy atom. The van der Waals surface area contributed by atoms with Gasteiger partial charge in [-0.25, -0.2) is 4.79 Å². The maximum Gasteiger partial charge on any atom is 0.362 e. The molecule has 4 heteroatoms. The highest BCUT2D eigenvalue weighted by molar-refractivity contribution is 6.30. The molecule has 0 aliphatic carbocycles. The molecular weight excluding hydrogens is 286 g/mol. The first-order valence-electron chi connectivity index (χ1n) is 7.59. The van der Waals surface area contributed by atoms with Crippen LogP contribution in [0.15, 0.2) is 24.3 Å². The Labute approximate surface area is 132 Å². The van der Waals surface area contributed by atoms with E-state index < -0.39 is 5.60 Å². The third-order valence-electron chi connectivity index (χ3n) is 3.83. The third kappa shape index (κ3) is 5.01. The van der Waals surface area contributed by atoms with Crippen LogP contribution in [0, 0.1) is 0 Å². The van der Waals surface area contributed by atoms with E-state index in [2.05, 4.69) is 12.1 Å². The van der Waals surface area contributed by atoms with Crippen LogP contribution in [0.2, 0.25) is 5.02 Å². The lowest BCUT2D eigenvalue weighted by molar-refractivity contribution is -0.922.